The summed E-state index contributed by atoms with van der Waals surface area (Å²) in [5.41, 5.74) is 3.14. The Morgan fingerprint density at radius 2 is 0.769 bits per heavy atom. The molecule has 3 aromatic rings. The standard InChI is InChI=1S/3C7H7O.ClH.Hf/c3*8-6-7-4-2-1-3-5-7;;/h3*1-5H,6H2;1H;/q3*-1;;+4/p-1. The van der Waals surface area contributed by atoms with Crippen LogP contribution in [0, 0.1) is 0 Å². The van der Waals surface area contributed by atoms with E-state index in [9.17, 15) is 0 Å². The normalized spacial score (nSPS) is 11.4. The number of benzene rings is 3. The van der Waals surface area contributed by atoms with Crippen LogP contribution in [0.15, 0.2) is 91.0 Å². The van der Waals surface area contributed by atoms with E-state index in [1.807, 2.05) is 91.0 Å². The molecule has 134 valence electrons. The van der Waals surface area contributed by atoms with Gasteiger partial charge in [0.05, 0.1) is 0 Å². The summed E-state index contributed by atoms with van der Waals surface area (Å²) in [6.07, 6.45) is 0. The summed E-state index contributed by atoms with van der Waals surface area (Å²) in [7, 11) is 6.74. The van der Waals surface area contributed by atoms with Crippen LogP contribution in [0.5, 0.6) is 0 Å². The Kier molecular flexibility index (Phi) is 7.59. The van der Waals surface area contributed by atoms with Gasteiger partial charge in [0.2, 0.25) is 0 Å². The molecule has 0 bridgehead atoms. The van der Waals surface area contributed by atoms with E-state index in [0.717, 1.165) is 16.7 Å². The van der Waals surface area contributed by atoms with Crippen LogP contribution in [0.3, 0.4) is 0 Å². The topological polar surface area (TPSA) is 27.7 Å². The van der Waals surface area contributed by atoms with Crippen LogP contribution in [0.4, 0.5) is 0 Å². The first-order chi connectivity index (χ1) is 12.7. The van der Waals surface area contributed by atoms with Gasteiger partial charge in [-0.15, -0.1) is 0 Å². The molecule has 0 aliphatic carbocycles. The van der Waals surface area contributed by atoms with Crippen molar-refractivity contribution < 1.29 is 28.7 Å². The first-order valence-corrected chi connectivity index (χ1v) is 17.3. The predicted molar refractivity (Wildman–Crippen MR) is 99.5 cm³/mol. The van der Waals surface area contributed by atoms with Crippen LogP contribution >= 0.6 is 8.58 Å². The molecule has 26 heavy (non-hydrogen) atoms. The van der Waals surface area contributed by atoms with E-state index in [4.69, 9.17) is 17.1 Å². The zero-order chi connectivity index (χ0) is 18.1. The van der Waals surface area contributed by atoms with Gasteiger partial charge in [-0.1, -0.05) is 0 Å². The van der Waals surface area contributed by atoms with Crippen molar-refractivity contribution >= 4 is 8.58 Å². The molecule has 0 atom stereocenters. The molecule has 0 radical (unpaired) electrons. The summed E-state index contributed by atoms with van der Waals surface area (Å²) in [6.45, 7) is 1.15. The van der Waals surface area contributed by atoms with Crippen molar-refractivity contribution in [3.8, 4) is 0 Å². The first-order valence-electron chi connectivity index (χ1n) is 8.46. The van der Waals surface area contributed by atoms with Crippen LogP contribution in [0.1, 0.15) is 16.7 Å². The zero-order valence-corrected chi connectivity index (χ0v) is 18.7. The summed E-state index contributed by atoms with van der Waals surface area (Å²) < 4.78 is 18.0. The van der Waals surface area contributed by atoms with E-state index in [2.05, 4.69) is 0 Å². The van der Waals surface area contributed by atoms with E-state index in [-0.39, 0.29) is 0 Å². The van der Waals surface area contributed by atoms with Gasteiger partial charge >= 0.3 is 165 Å². The fourth-order valence-corrected chi connectivity index (χ4v) is 8.25. The molecule has 3 aromatic carbocycles. The van der Waals surface area contributed by atoms with Crippen molar-refractivity contribution in [1.29, 1.82) is 0 Å². The quantitative estimate of drug-likeness (QED) is 0.330. The predicted octanol–water partition coefficient (Wildman–Crippen LogP) is 5.69. The molecule has 5 heteroatoms. The second-order valence-corrected chi connectivity index (χ2v) is 16.2. The van der Waals surface area contributed by atoms with Crippen LogP contribution in [-0.2, 0) is 48.5 Å². The Morgan fingerprint density at radius 3 is 1.04 bits per heavy atom. The third-order valence-corrected chi connectivity index (χ3v) is 11.7. The Balaban J connectivity index is 1.64. The Bertz CT molecular complexity index is 663. The van der Waals surface area contributed by atoms with E-state index in [1.54, 1.807) is 0 Å². The maximum atomic E-state index is 6.74. The minimum atomic E-state index is -4.32. The SMILES string of the molecule is [Cl][Hf]([O]Cc1ccccc1)([O]Cc1ccccc1)[O]Cc1ccccc1. The molecule has 3 nitrogen and oxygen atoms in total. The van der Waals surface area contributed by atoms with Gasteiger partial charge in [-0.25, -0.2) is 0 Å². The van der Waals surface area contributed by atoms with Crippen molar-refractivity contribution in [2.24, 2.45) is 0 Å². The van der Waals surface area contributed by atoms with E-state index < -0.39 is 20.1 Å². The molecule has 0 aliphatic rings. The zero-order valence-electron chi connectivity index (χ0n) is 14.4. The van der Waals surface area contributed by atoms with Crippen molar-refractivity contribution in [2.75, 3.05) is 0 Å². The first kappa shape index (κ1) is 19.5. The average Bonchev–Trinajstić information content (AvgIpc) is 2.72. The van der Waals surface area contributed by atoms with Crippen LogP contribution in [0.25, 0.3) is 0 Å². The molecule has 0 aliphatic heterocycles. The summed E-state index contributed by atoms with van der Waals surface area (Å²) in [5.74, 6) is 0. The molecule has 0 saturated carbocycles. The van der Waals surface area contributed by atoms with Crippen LogP contribution in [-0.4, -0.2) is 0 Å². The number of halogens is 1. The molecule has 0 amide bonds. The van der Waals surface area contributed by atoms with Crippen molar-refractivity contribution in [1.82, 2.24) is 0 Å². The van der Waals surface area contributed by atoms with Gasteiger partial charge in [0.15, 0.2) is 0 Å². The minimum absolute atomic E-state index is 0.384. The molecular formula is C21H21ClHfO3. The van der Waals surface area contributed by atoms with Gasteiger partial charge in [0.1, 0.15) is 0 Å². The van der Waals surface area contributed by atoms with Crippen LogP contribution in [0.2, 0.25) is 0 Å². The van der Waals surface area contributed by atoms with Crippen molar-refractivity contribution in [2.45, 2.75) is 19.8 Å². The van der Waals surface area contributed by atoms with E-state index >= 15 is 0 Å². The third kappa shape index (κ3) is 6.45. The molecule has 0 fully saturated rings. The van der Waals surface area contributed by atoms with Gasteiger partial charge in [0, 0.05) is 0 Å². The molecule has 0 saturated heterocycles. The van der Waals surface area contributed by atoms with Gasteiger partial charge < -0.3 is 0 Å². The van der Waals surface area contributed by atoms with Gasteiger partial charge in [-0.05, 0) is 0 Å². The second-order valence-electron chi connectivity index (χ2n) is 5.80. The fourth-order valence-electron chi connectivity index (χ4n) is 2.36. The Labute approximate surface area is 164 Å². The molecule has 0 heterocycles. The summed E-state index contributed by atoms with van der Waals surface area (Å²) in [6, 6.07) is 29.8. The third-order valence-electron chi connectivity index (χ3n) is 3.76. The summed E-state index contributed by atoms with van der Waals surface area (Å²) in [5, 5.41) is 0. The fraction of sp³-hybridized carbons (Fsp3) is 0.143. The van der Waals surface area contributed by atoms with Gasteiger partial charge in [-0.3, -0.25) is 0 Å². The van der Waals surface area contributed by atoms with Gasteiger partial charge in [-0.2, -0.15) is 0 Å². The van der Waals surface area contributed by atoms with Crippen molar-refractivity contribution in [3.63, 3.8) is 0 Å². The molecule has 0 N–H and O–H groups in total. The number of hydrogen-bond donors (Lipinski definition) is 0. The second kappa shape index (κ2) is 10.1. The molecule has 0 spiro atoms. The van der Waals surface area contributed by atoms with Gasteiger partial charge in [0.25, 0.3) is 0 Å². The number of hydrogen-bond acceptors (Lipinski definition) is 3. The Morgan fingerprint density at radius 1 is 0.500 bits per heavy atom. The molecule has 0 aromatic heterocycles. The van der Waals surface area contributed by atoms with Crippen LogP contribution < -0.4 is 0 Å². The monoisotopic (exact) mass is 536 g/mol. The Hall–Kier alpha value is -1.30. The van der Waals surface area contributed by atoms with Crippen molar-refractivity contribution in [3.05, 3.63) is 108 Å². The molecular weight excluding hydrogens is 514 g/mol. The molecule has 3 rings (SSSR count). The number of rotatable bonds is 9. The summed E-state index contributed by atoms with van der Waals surface area (Å²) >= 11 is -4.32. The average molecular weight is 535 g/mol. The van der Waals surface area contributed by atoms with E-state index in [0.29, 0.717) is 19.8 Å². The summed E-state index contributed by atoms with van der Waals surface area (Å²) in [4.78, 5) is 0. The maximum absolute atomic E-state index is 6.74. The van der Waals surface area contributed by atoms with E-state index in [1.165, 1.54) is 0 Å². The molecule has 0 unspecified atom stereocenters.